The Balaban J connectivity index is 3.10. The first-order chi connectivity index (χ1) is 11.4. The normalized spacial score (nSPS) is 15.5. The van der Waals surface area contributed by atoms with Crippen molar-refractivity contribution in [2.45, 2.75) is 64.6 Å². The molecule has 1 rings (SSSR count). The highest BCUT2D eigenvalue weighted by atomic mass is 79.9. The van der Waals surface area contributed by atoms with Gasteiger partial charge in [-0.15, -0.1) is 0 Å². The Kier molecular flexibility index (Phi) is 7.86. The molecule has 6 heteroatoms. The first kappa shape index (κ1) is 22.3. The number of hydrogen-bond donors (Lipinski definition) is 0. The van der Waals surface area contributed by atoms with E-state index in [0.29, 0.717) is 5.88 Å². The van der Waals surface area contributed by atoms with E-state index in [-0.39, 0.29) is 11.1 Å². The molecule has 1 aromatic carbocycles. The van der Waals surface area contributed by atoms with E-state index in [4.69, 9.17) is 8.85 Å². The maximum absolute atomic E-state index is 6.62. The van der Waals surface area contributed by atoms with E-state index in [1.165, 1.54) is 0 Å². The number of rotatable bonds is 7. The number of hydrogen-bond acceptors (Lipinski definition) is 3. The first-order valence-electron chi connectivity index (χ1n) is 8.62. The highest BCUT2D eigenvalue weighted by Gasteiger charge is 2.39. The molecular weight excluding hydrogens is 410 g/mol. The van der Waals surface area contributed by atoms with E-state index in [2.05, 4.69) is 86.6 Å². The molecule has 1 aromatic rings. The zero-order valence-corrected chi connectivity index (χ0v) is 20.3. The van der Waals surface area contributed by atoms with E-state index < -0.39 is 16.6 Å². The van der Waals surface area contributed by atoms with E-state index in [0.717, 1.165) is 5.56 Å². The third-order valence-electron chi connectivity index (χ3n) is 4.20. The number of benzene rings is 1. The average Bonchev–Trinajstić information content (AvgIpc) is 2.48. The first-order valence-corrected chi connectivity index (χ1v) is 15.9. The second kappa shape index (κ2) is 8.80. The van der Waals surface area contributed by atoms with Gasteiger partial charge in [-0.2, -0.15) is 0 Å². The maximum atomic E-state index is 6.62. The quantitative estimate of drug-likeness (QED) is 0.262. The van der Waals surface area contributed by atoms with Crippen molar-refractivity contribution in [2.75, 3.05) is 0 Å². The fourth-order valence-electron chi connectivity index (χ4n) is 1.85. The fraction of sp³-hybridized carbons (Fsp3) is 0.526. The van der Waals surface area contributed by atoms with Crippen LogP contribution in [0.2, 0.25) is 37.8 Å². The second-order valence-corrected chi connectivity index (χ2v) is 18.3. The number of halogens is 1. The van der Waals surface area contributed by atoms with E-state index in [9.17, 15) is 0 Å². The van der Waals surface area contributed by atoms with E-state index in [1.807, 2.05) is 24.4 Å². The molecule has 1 atom stereocenters. The molecule has 3 nitrogen and oxygen atoms in total. The van der Waals surface area contributed by atoms with Crippen molar-refractivity contribution in [3.63, 3.8) is 0 Å². The minimum atomic E-state index is -1.93. The Morgan fingerprint density at radius 1 is 1.08 bits per heavy atom. The van der Waals surface area contributed by atoms with Gasteiger partial charge in [0.1, 0.15) is 6.10 Å². The van der Waals surface area contributed by atoms with Crippen LogP contribution < -0.4 is 0 Å². The van der Waals surface area contributed by atoms with Gasteiger partial charge in [0.25, 0.3) is 0 Å². The molecule has 0 amide bonds. The summed E-state index contributed by atoms with van der Waals surface area (Å²) in [5.74, 6) is 0.596. The Morgan fingerprint density at radius 3 is 2.08 bits per heavy atom. The van der Waals surface area contributed by atoms with Crippen LogP contribution >= 0.6 is 15.9 Å². The van der Waals surface area contributed by atoms with Gasteiger partial charge in [0, 0.05) is 11.2 Å². The predicted octanol–water partition coefficient (Wildman–Crippen LogP) is 6.87. The molecule has 140 valence electrons. The van der Waals surface area contributed by atoms with Crippen LogP contribution in [0.4, 0.5) is 0 Å². The van der Waals surface area contributed by atoms with E-state index in [1.54, 1.807) is 4.99 Å². The molecule has 0 spiro atoms. The number of aliphatic imine (C=N–C) groups is 1. The average molecular weight is 443 g/mol. The summed E-state index contributed by atoms with van der Waals surface area (Å²) in [6.07, 6.45) is 1.68. The Morgan fingerprint density at radius 2 is 1.64 bits per heavy atom. The lowest BCUT2D eigenvalue weighted by Gasteiger charge is -2.38. The van der Waals surface area contributed by atoms with Crippen molar-refractivity contribution in [3.05, 3.63) is 46.8 Å². The number of nitrogens with zero attached hydrogens (tertiary/aromatic N) is 1. The fourth-order valence-corrected chi connectivity index (χ4v) is 4.16. The molecule has 0 fully saturated rings. The zero-order chi connectivity index (χ0) is 19.3. The maximum Gasteiger partial charge on any atom is 0.244 e. The van der Waals surface area contributed by atoms with Crippen molar-refractivity contribution in [3.8, 4) is 0 Å². The lowest BCUT2D eigenvalue weighted by Crippen LogP contribution is -2.42. The third-order valence-corrected chi connectivity index (χ3v) is 9.87. The zero-order valence-electron chi connectivity index (χ0n) is 16.8. The molecule has 0 heterocycles. The summed E-state index contributed by atoms with van der Waals surface area (Å²) in [7, 11) is -3.65. The molecule has 0 radical (unpaired) electrons. The van der Waals surface area contributed by atoms with Crippen LogP contribution in [0.3, 0.4) is 0 Å². The van der Waals surface area contributed by atoms with Crippen LogP contribution in [-0.2, 0) is 8.85 Å². The molecule has 0 N–H and O–H groups in total. The lowest BCUT2D eigenvalue weighted by atomic mass is 10.1. The largest absolute Gasteiger partial charge is 0.531 e. The van der Waals surface area contributed by atoms with E-state index >= 15 is 0 Å². The Labute approximate surface area is 163 Å². The van der Waals surface area contributed by atoms with Crippen molar-refractivity contribution >= 4 is 38.8 Å². The van der Waals surface area contributed by atoms with Gasteiger partial charge >= 0.3 is 0 Å². The highest BCUT2D eigenvalue weighted by Crippen LogP contribution is 2.39. The van der Waals surface area contributed by atoms with Crippen LogP contribution in [0.5, 0.6) is 0 Å². The summed E-state index contributed by atoms with van der Waals surface area (Å²) < 4.78 is 12.6. The SMILES string of the molecule is CC(C)(C)[Si](C)(C)O[C@H](/C=N/C(=C/Br)O[Si](C)(C)C)c1ccccc1. The van der Waals surface area contributed by atoms with Gasteiger partial charge in [0.05, 0.1) is 0 Å². The van der Waals surface area contributed by atoms with Gasteiger partial charge in [-0.3, -0.25) is 0 Å². The van der Waals surface area contributed by atoms with Crippen molar-refractivity contribution in [2.24, 2.45) is 4.99 Å². The molecule has 0 saturated carbocycles. The summed E-state index contributed by atoms with van der Waals surface area (Å²) >= 11 is 3.36. The van der Waals surface area contributed by atoms with Gasteiger partial charge in [-0.1, -0.05) is 67.0 Å². The van der Waals surface area contributed by atoms with Crippen molar-refractivity contribution < 1.29 is 8.85 Å². The topological polar surface area (TPSA) is 30.8 Å². The summed E-state index contributed by atoms with van der Waals surface area (Å²) in [5.41, 5.74) is 1.11. The molecule has 0 aliphatic rings. The molecule has 0 aromatic heterocycles. The summed E-state index contributed by atoms with van der Waals surface area (Å²) in [6.45, 7) is 17.7. The smallest absolute Gasteiger partial charge is 0.244 e. The van der Waals surface area contributed by atoms with Crippen LogP contribution in [0.15, 0.2) is 46.2 Å². The standard InChI is InChI=1S/C19H32BrNO2Si2/c1-19(2,3)25(7,8)22-17(16-12-10-9-11-13-16)15-21-18(14-20)23-24(4,5)6/h9-15,17H,1-8H3/b18-14-,21-15+/t17-/m1/s1. The molecular formula is C19H32BrNO2Si2. The predicted molar refractivity (Wildman–Crippen MR) is 117 cm³/mol. The van der Waals surface area contributed by atoms with Gasteiger partial charge in [0.15, 0.2) is 8.32 Å². The lowest BCUT2D eigenvalue weighted by molar-refractivity contribution is 0.250. The molecule has 0 aliphatic heterocycles. The monoisotopic (exact) mass is 441 g/mol. The van der Waals surface area contributed by atoms with Gasteiger partial charge < -0.3 is 8.85 Å². The molecule has 0 unspecified atom stereocenters. The second-order valence-electron chi connectivity index (χ2n) is 8.65. The summed E-state index contributed by atoms with van der Waals surface area (Å²) in [4.78, 5) is 6.30. The van der Waals surface area contributed by atoms with Crippen molar-refractivity contribution in [1.29, 1.82) is 0 Å². The summed E-state index contributed by atoms with van der Waals surface area (Å²) in [5, 5.41) is 0.136. The van der Waals surface area contributed by atoms with Crippen LogP contribution in [0.1, 0.15) is 32.4 Å². The highest BCUT2D eigenvalue weighted by molar-refractivity contribution is 9.11. The van der Waals surface area contributed by atoms with Crippen LogP contribution in [-0.4, -0.2) is 22.8 Å². The minimum Gasteiger partial charge on any atom is -0.531 e. The van der Waals surface area contributed by atoms with Crippen molar-refractivity contribution in [1.82, 2.24) is 0 Å². The molecule has 25 heavy (non-hydrogen) atoms. The summed E-state index contributed by atoms with van der Waals surface area (Å²) in [6, 6.07) is 10.2. The van der Waals surface area contributed by atoms with Gasteiger partial charge in [-0.05, 0) is 43.3 Å². The molecule has 0 bridgehead atoms. The minimum absolute atomic E-state index is 0.136. The molecule has 0 saturated heterocycles. The molecule has 0 aliphatic carbocycles. The van der Waals surface area contributed by atoms with Gasteiger partial charge in [-0.25, -0.2) is 4.99 Å². The Hall–Kier alpha value is -0.696. The van der Waals surface area contributed by atoms with Crippen LogP contribution in [0, 0.1) is 0 Å². The third kappa shape index (κ3) is 7.60. The van der Waals surface area contributed by atoms with Crippen LogP contribution in [0.25, 0.3) is 0 Å². The van der Waals surface area contributed by atoms with Gasteiger partial charge in [0.2, 0.25) is 14.2 Å². The Bertz CT molecular complexity index is 602.